The largest absolute Gasteiger partial charge is 0.504 e. The van der Waals surface area contributed by atoms with Crippen molar-refractivity contribution >= 4 is 5.91 Å². The fourth-order valence-electron chi connectivity index (χ4n) is 1.54. The van der Waals surface area contributed by atoms with Gasteiger partial charge in [-0.1, -0.05) is 6.07 Å². The zero-order valence-electron chi connectivity index (χ0n) is 11.1. The fraction of sp³-hybridized carbons (Fsp3) is 0.462. The molecule has 1 amide bonds. The minimum absolute atomic E-state index is 0.167. The molecule has 1 aromatic rings. The smallest absolute Gasteiger partial charge is 0.255 e. The molecule has 0 fully saturated rings. The van der Waals surface area contributed by atoms with Crippen LogP contribution in [0.3, 0.4) is 0 Å². The maximum atomic E-state index is 11.8. The molecule has 0 heterocycles. The number of rotatable bonds is 7. The molecule has 19 heavy (non-hydrogen) atoms. The number of para-hydroxylation sites is 1. The number of amides is 1. The SMILES string of the molecule is COc1cccc(C(=O)NCCNCC(C)O)c1O. The predicted molar refractivity (Wildman–Crippen MR) is 71.5 cm³/mol. The third kappa shape index (κ3) is 4.76. The third-order valence-corrected chi connectivity index (χ3v) is 2.49. The van der Waals surface area contributed by atoms with E-state index in [1.807, 2.05) is 0 Å². The second-order valence-corrected chi connectivity index (χ2v) is 4.17. The molecule has 6 heteroatoms. The maximum Gasteiger partial charge on any atom is 0.255 e. The molecule has 4 N–H and O–H groups in total. The van der Waals surface area contributed by atoms with Crippen LogP contribution in [0.25, 0.3) is 0 Å². The number of nitrogens with one attached hydrogen (secondary N) is 2. The average molecular weight is 268 g/mol. The zero-order chi connectivity index (χ0) is 14.3. The Kier molecular flexibility index (Phi) is 6.11. The van der Waals surface area contributed by atoms with Gasteiger partial charge in [-0.05, 0) is 19.1 Å². The van der Waals surface area contributed by atoms with Gasteiger partial charge in [-0.25, -0.2) is 0 Å². The third-order valence-electron chi connectivity index (χ3n) is 2.49. The second kappa shape index (κ2) is 7.60. The molecule has 0 aliphatic carbocycles. The monoisotopic (exact) mass is 268 g/mol. The molecule has 0 aliphatic rings. The Morgan fingerprint density at radius 3 is 2.79 bits per heavy atom. The fourth-order valence-corrected chi connectivity index (χ4v) is 1.54. The molecular weight excluding hydrogens is 248 g/mol. The molecule has 0 saturated carbocycles. The summed E-state index contributed by atoms with van der Waals surface area (Å²) in [5.74, 6) is -0.269. The molecule has 0 aliphatic heterocycles. The lowest BCUT2D eigenvalue weighted by Gasteiger charge is -2.10. The maximum absolute atomic E-state index is 11.8. The van der Waals surface area contributed by atoms with E-state index in [9.17, 15) is 9.90 Å². The summed E-state index contributed by atoms with van der Waals surface area (Å²) in [4.78, 5) is 11.8. The standard InChI is InChI=1S/C13H20N2O4/c1-9(16)8-14-6-7-15-13(18)10-4-3-5-11(19-2)12(10)17/h3-5,9,14,16-17H,6-8H2,1-2H3,(H,15,18). The highest BCUT2D eigenvalue weighted by Gasteiger charge is 2.13. The summed E-state index contributed by atoms with van der Waals surface area (Å²) in [6.45, 7) is 3.10. The van der Waals surface area contributed by atoms with Gasteiger partial charge in [0.05, 0.1) is 18.8 Å². The summed E-state index contributed by atoms with van der Waals surface area (Å²) in [6, 6.07) is 4.74. The number of carbonyl (C=O) groups is 1. The minimum atomic E-state index is -0.418. The summed E-state index contributed by atoms with van der Waals surface area (Å²) in [5.41, 5.74) is 0.176. The molecule has 6 nitrogen and oxygen atoms in total. The van der Waals surface area contributed by atoms with E-state index < -0.39 is 6.10 Å². The molecule has 0 spiro atoms. The van der Waals surface area contributed by atoms with Crippen molar-refractivity contribution in [3.05, 3.63) is 23.8 Å². The van der Waals surface area contributed by atoms with Crippen LogP contribution in [-0.2, 0) is 0 Å². The highest BCUT2D eigenvalue weighted by Crippen LogP contribution is 2.28. The number of aliphatic hydroxyl groups excluding tert-OH is 1. The zero-order valence-corrected chi connectivity index (χ0v) is 11.1. The van der Waals surface area contributed by atoms with E-state index in [0.717, 1.165) is 0 Å². The molecule has 106 valence electrons. The number of carbonyl (C=O) groups excluding carboxylic acids is 1. The van der Waals surface area contributed by atoms with E-state index in [1.165, 1.54) is 13.2 Å². The van der Waals surface area contributed by atoms with Crippen LogP contribution >= 0.6 is 0 Å². The summed E-state index contributed by atoms with van der Waals surface area (Å²) < 4.78 is 4.94. The molecule has 0 saturated heterocycles. The van der Waals surface area contributed by atoms with Gasteiger partial charge < -0.3 is 25.6 Å². The Bertz CT molecular complexity index is 421. The van der Waals surface area contributed by atoms with Gasteiger partial charge in [0.25, 0.3) is 5.91 Å². The Balaban J connectivity index is 2.46. The van der Waals surface area contributed by atoms with Crippen LogP contribution in [0, 0.1) is 0 Å². The van der Waals surface area contributed by atoms with E-state index in [4.69, 9.17) is 9.84 Å². The number of hydrogen-bond donors (Lipinski definition) is 4. The van der Waals surface area contributed by atoms with Crippen molar-refractivity contribution in [1.82, 2.24) is 10.6 Å². The van der Waals surface area contributed by atoms with Crippen molar-refractivity contribution in [3.63, 3.8) is 0 Å². The van der Waals surface area contributed by atoms with Gasteiger partial charge in [0.15, 0.2) is 11.5 Å². The number of ether oxygens (including phenoxy) is 1. The van der Waals surface area contributed by atoms with Crippen molar-refractivity contribution in [2.75, 3.05) is 26.7 Å². The van der Waals surface area contributed by atoms with Crippen LogP contribution < -0.4 is 15.4 Å². The second-order valence-electron chi connectivity index (χ2n) is 4.17. The lowest BCUT2D eigenvalue weighted by Crippen LogP contribution is -2.34. The van der Waals surface area contributed by atoms with E-state index in [2.05, 4.69) is 10.6 Å². The Morgan fingerprint density at radius 2 is 2.16 bits per heavy atom. The first-order valence-corrected chi connectivity index (χ1v) is 6.09. The number of hydrogen-bond acceptors (Lipinski definition) is 5. The number of aliphatic hydroxyl groups is 1. The highest BCUT2D eigenvalue weighted by molar-refractivity contribution is 5.97. The highest BCUT2D eigenvalue weighted by atomic mass is 16.5. The van der Waals surface area contributed by atoms with Gasteiger partial charge in [-0.2, -0.15) is 0 Å². The van der Waals surface area contributed by atoms with Crippen molar-refractivity contribution in [2.45, 2.75) is 13.0 Å². The molecular formula is C13H20N2O4. The normalized spacial score (nSPS) is 11.9. The van der Waals surface area contributed by atoms with E-state index in [0.29, 0.717) is 19.6 Å². The van der Waals surface area contributed by atoms with E-state index in [-0.39, 0.29) is 23.0 Å². The van der Waals surface area contributed by atoms with Crippen molar-refractivity contribution in [3.8, 4) is 11.5 Å². The number of aromatic hydroxyl groups is 1. The molecule has 0 aromatic heterocycles. The van der Waals surface area contributed by atoms with Crippen molar-refractivity contribution < 1.29 is 19.7 Å². The van der Waals surface area contributed by atoms with Gasteiger partial charge in [-0.15, -0.1) is 0 Å². The lowest BCUT2D eigenvalue weighted by atomic mass is 10.1. The van der Waals surface area contributed by atoms with Crippen LogP contribution in [-0.4, -0.2) is 49.0 Å². The van der Waals surface area contributed by atoms with Crippen molar-refractivity contribution in [1.29, 1.82) is 0 Å². The molecule has 1 atom stereocenters. The number of methoxy groups -OCH3 is 1. The topological polar surface area (TPSA) is 90.8 Å². The van der Waals surface area contributed by atoms with Crippen LogP contribution in [0.2, 0.25) is 0 Å². The Labute approximate surface area is 112 Å². The predicted octanol–water partition coefficient (Wildman–Crippen LogP) is 0.101. The van der Waals surface area contributed by atoms with Gasteiger partial charge in [0.2, 0.25) is 0 Å². The lowest BCUT2D eigenvalue weighted by molar-refractivity contribution is 0.0950. The van der Waals surface area contributed by atoms with Crippen molar-refractivity contribution in [2.24, 2.45) is 0 Å². The summed E-state index contributed by atoms with van der Waals surface area (Å²) in [5, 5.41) is 24.5. The summed E-state index contributed by atoms with van der Waals surface area (Å²) in [7, 11) is 1.43. The molecule has 1 rings (SSSR count). The number of phenolic OH excluding ortho intramolecular Hbond substituents is 1. The first-order valence-electron chi connectivity index (χ1n) is 6.09. The van der Waals surface area contributed by atoms with Crippen LogP contribution in [0.1, 0.15) is 17.3 Å². The van der Waals surface area contributed by atoms with Crippen LogP contribution in [0.5, 0.6) is 11.5 Å². The first-order chi connectivity index (χ1) is 9.06. The van der Waals surface area contributed by atoms with Crippen LogP contribution in [0.15, 0.2) is 18.2 Å². The van der Waals surface area contributed by atoms with Gasteiger partial charge >= 0.3 is 0 Å². The number of benzene rings is 1. The first kappa shape index (κ1) is 15.3. The summed E-state index contributed by atoms with van der Waals surface area (Å²) in [6.07, 6.45) is -0.418. The quantitative estimate of drug-likeness (QED) is 0.527. The summed E-state index contributed by atoms with van der Waals surface area (Å²) >= 11 is 0. The van der Waals surface area contributed by atoms with E-state index in [1.54, 1.807) is 19.1 Å². The molecule has 1 aromatic carbocycles. The Hall–Kier alpha value is -1.79. The van der Waals surface area contributed by atoms with E-state index >= 15 is 0 Å². The van der Waals surface area contributed by atoms with Crippen LogP contribution in [0.4, 0.5) is 0 Å². The van der Waals surface area contributed by atoms with Gasteiger partial charge in [0, 0.05) is 19.6 Å². The van der Waals surface area contributed by atoms with Gasteiger partial charge in [-0.3, -0.25) is 4.79 Å². The molecule has 0 radical (unpaired) electrons. The average Bonchev–Trinajstić information content (AvgIpc) is 2.38. The van der Waals surface area contributed by atoms with Gasteiger partial charge in [0.1, 0.15) is 0 Å². The number of phenols is 1. The minimum Gasteiger partial charge on any atom is -0.504 e. The molecule has 1 unspecified atom stereocenters. The molecule has 0 bridgehead atoms. The Morgan fingerprint density at radius 1 is 1.42 bits per heavy atom.